The van der Waals surface area contributed by atoms with Crippen LogP contribution in [0.25, 0.3) is 0 Å². The van der Waals surface area contributed by atoms with Crippen molar-refractivity contribution in [2.75, 3.05) is 6.54 Å². The SMILES string of the molecule is CC(N)CCNC(=O)C1Cc2ccccc21. The van der Waals surface area contributed by atoms with Crippen molar-refractivity contribution in [2.24, 2.45) is 5.73 Å². The minimum atomic E-state index is 0.0595. The minimum absolute atomic E-state index is 0.0595. The van der Waals surface area contributed by atoms with E-state index in [2.05, 4.69) is 11.4 Å². The smallest absolute Gasteiger partial charge is 0.227 e. The second kappa shape index (κ2) is 4.66. The second-order valence-electron chi connectivity index (χ2n) is 4.51. The number of carbonyl (C=O) groups excluding carboxylic acids is 1. The topological polar surface area (TPSA) is 55.1 Å². The van der Waals surface area contributed by atoms with Crippen LogP contribution in [0, 0.1) is 0 Å². The van der Waals surface area contributed by atoms with Crippen molar-refractivity contribution in [3.05, 3.63) is 35.4 Å². The molecule has 2 atom stereocenters. The number of amides is 1. The van der Waals surface area contributed by atoms with Crippen molar-refractivity contribution in [1.82, 2.24) is 5.32 Å². The first-order valence-corrected chi connectivity index (χ1v) is 5.79. The van der Waals surface area contributed by atoms with Gasteiger partial charge in [-0.2, -0.15) is 0 Å². The molecule has 86 valence electrons. The van der Waals surface area contributed by atoms with E-state index in [0.29, 0.717) is 6.54 Å². The van der Waals surface area contributed by atoms with E-state index >= 15 is 0 Å². The van der Waals surface area contributed by atoms with Crippen molar-refractivity contribution >= 4 is 5.91 Å². The molecule has 1 aliphatic rings. The zero-order valence-corrected chi connectivity index (χ0v) is 9.57. The maximum atomic E-state index is 11.8. The van der Waals surface area contributed by atoms with Crippen molar-refractivity contribution in [3.63, 3.8) is 0 Å². The molecular weight excluding hydrogens is 200 g/mol. The number of rotatable bonds is 4. The number of carbonyl (C=O) groups is 1. The molecule has 1 aliphatic carbocycles. The summed E-state index contributed by atoms with van der Waals surface area (Å²) in [5, 5.41) is 2.94. The van der Waals surface area contributed by atoms with E-state index in [4.69, 9.17) is 5.73 Å². The van der Waals surface area contributed by atoms with Crippen LogP contribution in [0.2, 0.25) is 0 Å². The van der Waals surface area contributed by atoms with Crippen LogP contribution in [0.5, 0.6) is 0 Å². The van der Waals surface area contributed by atoms with Gasteiger partial charge in [-0.15, -0.1) is 0 Å². The van der Waals surface area contributed by atoms with Crippen LogP contribution in [0.15, 0.2) is 24.3 Å². The summed E-state index contributed by atoms with van der Waals surface area (Å²) in [6.07, 6.45) is 1.71. The lowest BCUT2D eigenvalue weighted by Gasteiger charge is -2.28. The predicted octanol–water partition coefficient (Wildman–Crippen LogP) is 1.18. The molecule has 0 aromatic heterocycles. The van der Waals surface area contributed by atoms with Gasteiger partial charge in [-0.05, 0) is 30.9 Å². The summed E-state index contributed by atoms with van der Waals surface area (Å²) in [4.78, 5) is 11.8. The van der Waals surface area contributed by atoms with Gasteiger partial charge >= 0.3 is 0 Å². The van der Waals surface area contributed by atoms with Gasteiger partial charge in [0.2, 0.25) is 5.91 Å². The normalized spacial score (nSPS) is 19.5. The van der Waals surface area contributed by atoms with Crippen LogP contribution < -0.4 is 11.1 Å². The van der Waals surface area contributed by atoms with E-state index in [1.807, 2.05) is 25.1 Å². The molecule has 1 amide bonds. The molecule has 0 saturated heterocycles. The molecule has 0 bridgehead atoms. The molecule has 1 aromatic carbocycles. The van der Waals surface area contributed by atoms with Crippen LogP contribution in [-0.4, -0.2) is 18.5 Å². The van der Waals surface area contributed by atoms with Crippen LogP contribution in [0.1, 0.15) is 30.4 Å². The number of nitrogens with one attached hydrogen (secondary N) is 1. The lowest BCUT2D eigenvalue weighted by molar-refractivity contribution is -0.123. The Bertz CT molecular complexity index is 387. The monoisotopic (exact) mass is 218 g/mol. The highest BCUT2D eigenvalue weighted by atomic mass is 16.1. The molecule has 2 unspecified atom stereocenters. The average Bonchev–Trinajstić information content (AvgIpc) is 2.19. The molecule has 0 radical (unpaired) electrons. The lowest BCUT2D eigenvalue weighted by atomic mass is 9.77. The third kappa shape index (κ3) is 2.25. The van der Waals surface area contributed by atoms with E-state index in [9.17, 15) is 4.79 Å². The first-order valence-electron chi connectivity index (χ1n) is 5.79. The first kappa shape index (κ1) is 11.1. The molecule has 3 nitrogen and oxygen atoms in total. The zero-order chi connectivity index (χ0) is 11.5. The zero-order valence-electron chi connectivity index (χ0n) is 9.57. The third-order valence-corrected chi connectivity index (χ3v) is 3.07. The molecule has 1 aromatic rings. The van der Waals surface area contributed by atoms with Gasteiger partial charge in [-0.1, -0.05) is 24.3 Å². The van der Waals surface area contributed by atoms with Gasteiger partial charge in [0.15, 0.2) is 0 Å². The van der Waals surface area contributed by atoms with E-state index < -0.39 is 0 Å². The highest BCUT2D eigenvalue weighted by molar-refractivity contribution is 5.86. The van der Waals surface area contributed by atoms with E-state index in [-0.39, 0.29) is 17.9 Å². The largest absolute Gasteiger partial charge is 0.356 e. The predicted molar refractivity (Wildman–Crippen MR) is 64.2 cm³/mol. The van der Waals surface area contributed by atoms with Gasteiger partial charge in [0.05, 0.1) is 5.92 Å². The molecule has 3 N–H and O–H groups in total. The molecular formula is C13H18N2O. The van der Waals surface area contributed by atoms with Gasteiger partial charge in [-0.3, -0.25) is 4.79 Å². The van der Waals surface area contributed by atoms with Gasteiger partial charge in [0, 0.05) is 12.6 Å². The number of fused-ring (bicyclic) bond motifs is 1. The van der Waals surface area contributed by atoms with E-state index in [1.165, 1.54) is 11.1 Å². The van der Waals surface area contributed by atoms with E-state index in [0.717, 1.165) is 12.8 Å². The van der Waals surface area contributed by atoms with Crippen molar-refractivity contribution in [2.45, 2.75) is 31.7 Å². The fourth-order valence-electron chi connectivity index (χ4n) is 2.04. The molecule has 0 fully saturated rings. The fourth-order valence-corrected chi connectivity index (χ4v) is 2.04. The van der Waals surface area contributed by atoms with Crippen LogP contribution in [0.4, 0.5) is 0 Å². The average molecular weight is 218 g/mol. The lowest BCUT2D eigenvalue weighted by Crippen LogP contribution is -2.37. The Morgan fingerprint density at radius 3 is 3.00 bits per heavy atom. The Hall–Kier alpha value is -1.35. The standard InChI is InChI=1S/C13H18N2O/c1-9(14)6-7-15-13(16)12-8-10-4-2-3-5-11(10)12/h2-5,9,12H,6-8,14H2,1H3,(H,15,16). The van der Waals surface area contributed by atoms with Gasteiger partial charge < -0.3 is 11.1 Å². The van der Waals surface area contributed by atoms with E-state index in [1.54, 1.807) is 0 Å². The quantitative estimate of drug-likeness (QED) is 0.797. The Kier molecular flexibility index (Phi) is 3.25. The molecule has 0 spiro atoms. The maximum Gasteiger partial charge on any atom is 0.227 e. The number of benzene rings is 1. The number of nitrogens with two attached hydrogens (primary N) is 1. The molecule has 0 heterocycles. The van der Waals surface area contributed by atoms with Gasteiger partial charge in [0.25, 0.3) is 0 Å². The summed E-state index contributed by atoms with van der Waals surface area (Å²) in [7, 11) is 0. The Morgan fingerprint density at radius 1 is 1.56 bits per heavy atom. The van der Waals surface area contributed by atoms with Gasteiger partial charge in [-0.25, -0.2) is 0 Å². The van der Waals surface area contributed by atoms with Crippen LogP contribution in [0.3, 0.4) is 0 Å². The fraction of sp³-hybridized carbons (Fsp3) is 0.462. The second-order valence-corrected chi connectivity index (χ2v) is 4.51. The first-order chi connectivity index (χ1) is 7.68. The van der Waals surface area contributed by atoms with Gasteiger partial charge in [0.1, 0.15) is 0 Å². The maximum absolute atomic E-state index is 11.8. The van der Waals surface area contributed by atoms with Crippen LogP contribution >= 0.6 is 0 Å². The highest BCUT2D eigenvalue weighted by Gasteiger charge is 2.31. The summed E-state index contributed by atoms with van der Waals surface area (Å²) < 4.78 is 0. The Morgan fingerprint density at radius 2 is 2.31 bits per heavy atom. The minimum Gasteiger partial charge on any atom is -0.356 e. The molecule has 16 heavy (non-hydrogen) atoms. The summed E-state index contributed by atoms with van der Waals surface area (Å²) in [6.45, 7) is 2.62. The third-order valence-electron chi connectivity index (χ3n) is 3.07. The van der Waals surface area contributed by atoms with Crippen molar-refractivity contribution in [1.29, 1.82) is 0 Å². The Labute approximate surface area is 96.0 Å². The van der Waals surface area contributed by atoms with Crippen molar-refractivity contribution < 1.29 is 4.79 Å². The molecule has 2 rings (SSSR count). The number of hydrogen-bond acceptors (Lipinski definition) is 2. The summed E-state index contributed by atoms with van der Waals surface area (Å²) in [6, 6.07) is 8.27. The summed E-state index contributed by atoms with van der Waals surface area (Å²) >= 11 is 0. The highest BCUT2D eigenvalue weighted by Crippen LogP contribution is 2.34. The molecule has 0 saturated carbocycles. The Balaban J connectivity index is 1.85. The van der Waals surface area contributed by atoms with Crippen LogP contribution in [-0.2, 0) is 11.2 Å². The molecule has 3 heteroatoms. The number of hydrogen-bond donors (Lipinski definition) is 2. The molecule has 0 aliphatic heterocycles. The summed E-state index contributed by atoms with van der Waals surface area (Å²) in [5.41, 5.74) is 8.11. The summed E-state index contributed by atoms with van der Waals surface area (Å²) in [5.74, 6) is 0.198. The van der Waals surface area contributed by atoms with Crippen molar-refractivity contribution in [3.8, 4) is 0 Å².